The summed E-state index contributed by atoms with van der Waals surface area (Å²) in [5.41, 5.74) is 1.51. The van der Waals surface area contributed by atoms with Crippen LogP contribution >= 0.6 is 27.5 Å². The number of hydrogen-bond donors (Lipinski definition) is 1. The van der Waals surface area contributed by atoms with Crippen LogP contribution in [0.2, 0.25) is 5.02 Å². The molecule has 2 amide bonds. The normalized spacial score (nSPS) is 17.0. The summed E-state index contributed by atoms with van der Waals surface area (Å²) in [6.07, 6.45) is 1.58. The molecule has 0 aliphatic carbocycles. The molecule has 144 valence electrons. The molecule has 1 heterocycles. The molecule has 1 aliphatic rings. The number of halogens is 2. The van der Waals surface area contributed by atoms with Gasteiger partial charge in [0.05, 0.1) is 12.5 Å². The number of benzene rings is 2. The fourth-order valence-corrected chi connectivity index (χ4v) is 4.02. The van der Waals surface area contributed by atoms with Crippen molar-refractivity contribution >= 4 is 39.3 Å². The number of nitriles is 1. The van der Waals surface area contributed by atoms with Crippen LogP contribution < -0.4 is 5.32 Å². The Labute approximate surface area is 177 Å². The number of nitrogens with one attached hydrogen (secondary N) is 1. The Morgan fingerprint density at radius 2 is 2.07 bits per heavy atom. The van der Waals surface area contributed by atoms with Crippen molar-refractivity contribution in [3.63, 3.8) is 0 Å². The van der Waals surface area contributed by atoms with Crippen LogP contribution in [-0.4, -0.2) is 29.3 Å². The summed E-state index contributed by atoms with van der Waals surface area (Å²) in [5, 5.41) is 12.7. The summed E-state index contributed by atoms with van der Waals surface area (Å²) in [5.74, 6) is -0.404. The quantitative estimate of drug-likeness (QED) is 0.732. The molecule has 0 bridgehead atoms. The average molecular weight is 461 g/mol. The number of nitrogens with zero attached hydrogens (tertiary/aromatic N) is 2. The van der Waals surface area contributed by atoms with Gasteiger partial charge in [-0.05, 0) is 48.2 Å². The Morgan fingerprint density at radius 3 is 2.79 bits per heavy atom. The number of likely N-dealkylation sites (tertiary alicyclic amines) is 1. The second kappa shape index (κ2) is 9.22. The second-order valence-corrected chi connectivity index (χ2v) is 8.03. The van der Waals surface area contributed by atoms with Gasteiger partial charge in [-0.15, -0.1) is 0 Å². The summed E-state index contributed by atoms with van der Waals surface area (Å²) in [6.45, 7) is 0.541. The maximum absolute atomic E-state index is 12.8. The molecule has 1 unspecified atom stereocenters. The molecular formula is C21H19BrClN3O2. The monoisotopic (exact) mass is 459 g/mol. The van der Waals surface area contributed by atoms with E-state index in [0.29, 0.717) is 23.6 Å². The molecule has 0 aromatic heterocycles. The van der Waals surface area contributed by atoms with E-state index in [1.54, 1.807) is 29.2 Å². The minimum absolute atomic E-state index is 0.0907. The van der Waals surface area contributed by atoms with Gasteiger partial charge in [0.15, 0.2) is 0 Å². The van der Waals surface area contributed by atoms with Crippen molar-refractivity contribution in [1.82, 2.24) is 10.2 Å². The lowest BCUT2D eigenvalue weighted by Gasteiger charge is -2.25. The molecule has 1 saturated heterocycles. The highest BCUT2D eigenvalue weighted by Gasteiger charge is 2.35. The third-order valence-electron chi connectivity index (χ3n) is 4.72. The zero-order valence-electron chi connectivity index (χ0n) is 15.1. The predicted molar refractivity (Wildman–Crippen MR) is 111 cm³/mol. The highest BCUT2D eigenvalue weighted by Crippen LogP contribution is 2.22. The van der Waals surface area contributed by atoms with Crippen molar-refractivity contribution < 1.29 is 9.59 Å². The lowest BCUT2D eigenvalue weighted by Crippen LogP contribution is -2.47. The van der Waals surface area contributed by atoms with Gasteiger partial charge in [-0.2, -0.15) is 5.26 Å². The summed E-state index contributed by atoms with van der Waals surface area (Å²) in [7, 11) is 0. The summed E-state index contributed by atoms with van der Waals surface area (Å²) >= 11 is 9.39. The summed E-state index contributed by atoms with van der Waals surface area (Å²) in [6, 6.07) is 15.1. The van der Waals surface area contributed by atoms with Gasteiger partial charge >= 0.3 is 0 Å². The van der Waals surface area contributed by atoms with E-state index in [9.17, 15) is 14.9 Å². The van der Waals surface area contributed by atoms with Crippen LogP contribution in [0.3, 0.4) is 0 Å². The minimum atomic E-state index is -0.811. The van der Waals surface area contributed by atoms with Crippen molar-refractivity contribution in [3.8, 4) is 6.07 Å². The molecule has 1 aliphatic heterocycles. The molecular weight excluding hydrogens is 442 g/mol. The number of carbonyl (C=O) groups excluding carboxylic acids is 2. The molecule has 28 heavy (non-hydrogen) atoms. The first kappa shape index (κ1) is 20.4. The van der Waals surface area contributed by atoms with Crippen molar-refractivity contribution in [2.24, 2.45) is 0 Å². The van der Waals surface area contributed by atoms with Crippen LogP contribution in [0.25, 0.3) is 0 Å². The Morgan fingerprint density at radius 1 is 1.29 bits per heavy atom. The van der Waals surface area contributed by atoms with Gasteiger partial charge < -0.3 is 10.2 Å². The molecule has 7 heteroatoms. The zero-order chi connectivity index (χ0) is 20.1. The van der Waals surface area contributed by atoms with E-state index < -0.39 is 12.1 Å². The van der Waals surface area contributed by atoms with Crippen molar-refractivity contribution in [1.29, 1.82) is 5.26 Å². The largest absolute Gasteiger partial charge is 0.335 e. The first-order valence-electron chi connectivity index (χ1n) is 8.97. The van der Waals surface area contributed by atoms with Crippen LogP contribution in [0.4, 0.5) is 0 Å². The fraction of sp³-hybridized carbons (Fsp3) is 0.286. The molecule has 2 aromatic rings. The minimum Gasteiger partial charge on any atom is -0.335 e. The first-order valence-corrected chi connectivity index (χ1v) is 10.1. The Bertz CT molecular complexity index is 928. The number of rotatable bonds is 5. The van der Waals surface area contributed by atoms with Gasteiger partial charge in [0.2, 0.25) is 11.8 Å². The van der Waals surface area contributed by atoms with Gasteiger partial charge in [-0.1, -0.05) is 51.8 Å². The molecule has 0 saturated carbocycles. The number of hydrogen-bond acceptors (Lipinski definition) is 3. The lowest BCUT2D eigenvalue weighted by molar-refractivity contribution is -0.138. The Balaban J connectivity index is 1.68. The Kier molecular flexibility index (Phi) is 6.71. The summed E-state index contributed by atoms with van der Waals surface area (Å²) in [4.78, 5) is 27.2. The van der Waals surface area contributed by atoms with E-state index in [1.165, 1.54) is 0 Å². The molecule has 1 N–H and O–H groups in total. The van der Waals surface area contributed by atoms with Crippen LogP contribution in [0.15, 0.2) is 53.0 Å². The highest BCUT2D eigenvalue weighted by atomic mass is 79.9. The SMILES string of the molecule is N#CC(NC(=O)[C@@H]1CCCN1C(=O)Cc1cccc(Br)c1)c1cccc(Cl)c1. The predicted octanol–water partition coefficient (Wildman–Crippen LogP) is 4.02. The van der Waals surface area contributed by atoms with Crippen LogP contribution in [0.5, 0.6) is 0 Å². The smallest absolute Gasteiger partial charge is 0.244 e. The van der Waals surface area contributed by atoms with Crippen molar-refractivity contribution in [2.75, 3.05) is 6.54 Å². The molecule has 3 rings (SSSR count). The fourth-order valence-electron chi connectivity index (χ4n) is 3.38. The van der Waals surface area contributed by atoms with Gasteiger partial charge in [-0.25, -0.2) is 0 Å². The van der Waals surface area contributed by atoms with Crippen molar-refractivity contribution in [2.45, 2.75) is 31.3 Å². The van der Waals surface area contributed by atoms with E-state index >= 15 is 0 Å². The van der Waals surface area contributed by atoms with E-state index in [0.717, 1.165) is 16.5 Å². The Hall–Kier alpha value is -2.36. The molecule has 1 fully saturated rings. The second-order valence-electron chi connectivity index (χ2n) is 6.68. The maximum Gasteiger partial charge on any atom is 0.244 e. The van der Waals surface area contributed by atoms with Gasteiger partial charge in [0.25, 0.3) is 0 Å². The van der Waals surface area contributed by atoms with E-state index in [2.05, 4.69) is 27.3 Å². The van der Waals surface area contributed by atoms with Crippen LogP contribution in [0, 0.1) is 11.3 Å². The zero-order valence-corrected chi connectivity index (χ0v) is 17.4. The van der Waals surface area contributed by atoms with Crippen LogP contribution in [0.1, 0.15) is 30.0 Å². The lowest BCUT2D eigenvalue weighted by atomic mass is 10.1. The van der Waals surface area contributed by atoms with E-state index in [-0.39, 0.29) is 18.2 Å². The van der Waals surface area contributed by atoms with Gasteiger partial charge in [0, 0.05) is 16.0 Å². The molecule has 2 aromatic carbocycles. The maximum atomic E-state index is 12.8. The highest BCUT2D eigenvalue weighted by molar-refractivity contribution is 9.10. The van der Waals surface area contributed by atoms with Gasteiger partial charge in [0.1, 0.15) is 12.1 Å². The molecule has 2 atom stereocenters. The van der Waals surface area contributed by atoms with E-state index in [4.69, 9.17) is 11.6 Å². The average Bonchev–Trinajstić information content (AvgIpc) is 3.16. The van der Waals surface area contributed by atoms with Gasteiger partial charge in [-0.3, -0.25) is 9.59 Å². The third-order valence-corrected chi connectivity index (χ3v) is 5.45. The summed E-state index contributed by atoms with van der Waals surface area (Å²) < 4.78 is 0.909. The van der Waals surface area contributed by atoms with Crippen molar-refractivity contribution in [3.05, 3.63) is 69.2 Å². The first-order chi connectivity index (χ1) is 13.5. The standard InChI is InChI=1S/C21H19BrClN3O2/c22-16-6-1-4-14(10-16)11-20(27)26-9-3-8-19(26)21(28)25-18(13-24)15-5-2-7-17(23)12-15/h1-2,4-7,10,12,18-19H,3,8-9,11H2,(H,25,28)/t18?,19-/m0/s1. The molecule has 0 radical (unpaired) electrons. The third kappa shape index (κ3) is 4.92. The molecule has 5 nitrogen and oxygen atoms in total. The number of amides is 2. The van der Waals surface area contributed by atoms with Crippen LogP contribution in [-0.2, 0) is 16.0 Å². The van der Waals surface area contributed by atoms with E-state index in [1.807, 2.05) is 24.3 Å². The molecule has 0 spiro atoms. The topological polar surface area (TPSA) is 73.2 Å². The number of carbonyl (C=O) groups is 2.